The fourth-order valence-electron chi connectivity index (χ4n) is 6.27. The van der Waals surface area contributed by atoms with E-state index in [9.17, 15) is 4.79 Å². The molecular formula is C24H32N2O2. The fraction of sp³-hybridized carbons (Fsp3) is 0.625. The number of carbonyl (C=O) groups is 1. The molecule has 2 bridgehead atoms. The summed E-state index contributed by atoms with van der Waals surface area (Å²) in [5.74, 6) is 2.48. The van der Waals surface area contributed by atoms with E-state index in [-0.39, 0.29) is 0 Å². The lowest BCUT2D eigenvalue weighted by atomic mass is 9.68. The second-order valence-corrected chi connectivity index (χ2v) is 9.12. The maximum absolute atomic E-state index is 13.3. The van der Waals surface area contributed by atoms with Crippen molar-refractivity contribution in [2.75, 3.05) is 26.7 Å². The Hall–Kier alpha value is -1.81. The first-order valence-electron chi connectivity index (χ1n) is 11.1. The van der Waals surface area contributed by atoms with Crippen LogP contribution in [0.3, 0.4) is 0 Å². The van der Waals surface area contributed by atoms with Crippen molar-refractivity contribution in [3.05, 3.63) is 41.5 Å². The molecule has 3 aliphatic heterocycles. The van der Waals surface area contributed by atoms with Gasteiger partial charge in [-0.2, -0.15) is 0 Å². The van der Waals surface area contributed by atoms with Crippen molar-refractivity contribution in [2.24, 2.45) is 11.8 Å². The van der Waals surface area contributed by atoms with Gasteiger partial charge in [-0.05, 0) is 68.2 Å². The fourth-order valence-corrected chi connectivity index (χ4v) is 6.27. The molecule has 0 unspecified atom stereocenters. The number of rotatable bonds is 3. The third-order valence-electron chi connectivity index (χ3n) is 7.49. The highest BCUT2D eigenvalue weighted by molar-refractivity contribution is 5.80. The molecule has 1 amide bonds. The van der Waals surface area contributed by atoms with Gasteiger partial charge in [0, 0.05) is 19.1 Å². The number of carbonyl (C=O) groups excluding carboxylic acids is 1. The highest BCUT2D eigenvalue weighted by atomic mass is 16.5. The summed E-state index contributed by atoms with van der Waals surface area (Å²) in [5, 5.41) is 0. The number of ether oxygens (including phenoxy) is 1. The molecule has 3 heterocycles. The van der Waals surface area contributed by atoms with Gasteiger partial charge in [0.15, 0.2) is 0 Å². The van der Waals surface area contributed by atoms with E-state index < -0.39 is 0 Å². The van der Waals surface area contributed by atoms with Gasteiger partial charge in [-0.1, -0.05) is 30.2 Å². The Bertz CT molecular complexity index is 756. The Morgan fingerprint density at radius 1 is 1.14 bits per heavy atom. The van der Waals surface area contributed by atoms with Crippen molar-refractivity contribution in [1.29, 1.82) is 0 Å². The molecule has 0 N–H and O–H groups in total. The quantitative estimate of drug-likeness (QED) is 0.751. The van der Waals surface area contributed by atoms with Crippen molar-refractivity contribution >= 4 is 5.91 Å². The summed E-state index contributed by atoms with van der Waals surface area (Å²) in [6, 6.07) is 9.06. The van der Waals surface area contributed by atoms with Gasteiger partial charge in [-0.25, -0.2) is 0 Å². The zero-order chi connectivity index (χ0) is 19.1. The van der Waals surface area contributed by atoms with Crippen molar-refractivity contribution in [2.45, 2.75) is 57.0 Å². The van der Waals surface area contributed by atoms with Crippen molar-refractivity contribution in [3.63, 3.8) is 0 Å². The van der Waals surface area contributed by atoms with Crippen LogP contribution in [0.25, 0.3) is 0 Å². The van der Waals surface area contributed by atoms with Crippen LogP contribution in [0.4, 0.5) is 0 Å². The van der Waals surface area contributed by atoms with Crippen LogP contribution in [0, 0.1) is 11.8 Å². The van der Waals surface area contributed by atoms with Gasteiger partial charge >= 0.3 is 0 Å². The van der Waals surface area contributed by atoms with Gasteiger partial charge in [-0.15, -0.1) is 0 Å². The zero-order valence-electron chi connectivity index (χ0n) is 17.0. The number of likely N-dealkylation sites (tertiary alicyclic amines) is 1. The predicted molar refractivity (Wildman–Crippen MR) is 110 cm³/mol. The van der Waals surface area contributed by atoms with E-state index in [2.05, 4.69) is 15.9 Å². The molecule has 1 aromatic carbocycles. The Labute approximate surface area is 168 Å². The number of hydrogen-bond acceptors (Lipinski definition) is 3. The van der Waals surface area contributed by atoms with E-state index in [0.717, 1.165) is 36.2 Å². The monoisotopic (exact) mass is 380 g/mol. The van der Waals surface area contributed by atoms with E-state index >= 15 is 0 Å². The first-order chi connectivity index (χ1) is 13.7. The first-order valence-corrected chi connectivity index (χ1v) is 11.1. The normalized spacial score (nSPS) is 32.2. The van der Waals surface area contributed by atoms with E-state index in [0.29, 0.717) is 24.3 Å². The summed E-state index contributed by atoms with van der Waals surface area (Å²) in [5.41, 5.74) is 2.65. The van der Waals surface area contributed by atoms with Crippen LogP contribution >= 0.6 is 0 Å². The van der Waals surface area contributed by atoms with Gasteiger partial charge in [0.1, 0.15) is 5.75 Å². The standard InChI is InChI=1S/C24H32N2O2/c1-28-21-9-7-17(8-10-21)13-23(27)26-12-4-5-18-14-19-15-20(24(18)26)16-25-11-3-2-6-22(19)25/h7-10,14,19-20,22,24H,2-6,11-13,15-16H2,1H3/t19-,20-,22-,24+/m0/s1. The van der Waals surface area contributed by atoms with Crippen molar-refractivity contribution in [3.8, 4) is 5.75 Å². The minimum Gasteiger partial charge on any atom is -0.497 e. The van der Waals surface area contributed by atoms with Gasteiger partial charge in [0.2, 0.25) is 5.91 Å². The molecule has 4 aliphatic rings. The smallest absolute Gasteiger partial charge is 0.227 e. The van der Waals surface area contributed by atoms with E-state index in [1.54, 1.807) is 12.7 Å². The molecular weight excluding hydrogens is 348 g/mol. The second-order valence-electron chi connectivity index (χ2n) is 9.12. The largest absolute Gasteiger partial charge is 0.497 e. The SMILES string of the molecule is COc1ccc(CC(=O)N2CCCC3=C[C@H]4C[C@@H](CN5CCCC[C@@H]45)[C@@H]32)cc1. The Balaban J connectivity index is 1.35. The van der Waals surface area contributed by atoms with Crippen molar-refractivity contribution < 1.29 is 9.53 Å². The van der Waals surface area contributed by atoms with Crippen LogP contribution in [0.1, 0.15) is 44.1 Å². The second kappa shape index (κ2) is 7.55. The molecule has 4 nitrogen and oxygen atoms in total. The summed E-state index contributed by atoms with van der Waals surface area (Å²) in [4.78, 5) is 18.2. The molecule has 4 atom stereocenters. The number of benzene rings is 1. The molecule has 0 aromatic heterocycles. The van der Waals surface area contributed by atoms with Gasteiger partial charge in [0.25, 0.3) is 0 Å². The average molecular weight is 381 g/mol. The molecule has 3 fully saturated rings. The predicted octanol–water partition coefficient (Wildman–Crippen LogP) is 3.66. The average Bonchev–Trinajstić information content (AvgIpc) is 2.74. The summed E-state index contributed by atoms with van der Waals surface area (Å²) in [6.45, 7) is 3.37. The molecule has 0 saturated carbocycles. The number of amides is 1. The van der Waals surface area contributed by atoms with Crippen LogP contribution in [0.5, 0.6) is 5.75 Å². The van der Waals surface area contributed by atoms with Gasteiger partial charge < -0.3 is 9.64 Å². The van der Waals surface area contributed by atoms with Crippen molar-refractivity contribution in [1.82, 2.24) is 9.80 Å². The highest BCUT2D eigenvalue weighted by Crippen LogP contribution is 2.45. The third-order valence-corrected chi connectivity index (χ3v) is 7.49. The molecule has 4 heteroatoms. The highest BCUT2D eigenvalue weighted by Gasteiger charge is 2.46. The minimum absolute atomic E-state index is 0.292. The number of piperidine rings is 3. The lowest BCUT2D eigenvalue weighted by Crippen LogP contribution is -2.60. The minimum atomic E-state index is 0.292. The van der Waals surface area contributed by atoms with Crippen LogP contribution in [-0.2, 0) is 11.2 Å². The molecule has 3 saturated heterocycles. The Morgan fingerprint density at radius 2 is 2.00 bits per heavy atom. The lowest BCUT2D eigenvalue weighted by molar-refractivity contribution is -0.135. The Kier molecular flexibility index (Phi) is 4.92. The topological polar surface area (TPSA) is 32.8 Å². The maximum Gasteiger partial charge on any atom is 0.227 e. The zero-order valence-corrected chi connectivity index (χ0v) is 17.0. The van der Waals surface area contributed by atoms with Gasteiger partial charge in [0.05, 0.1) is 19.6 Å². The Morgan fingerprint density at radius 3 is 2.82 bits per heavy atom. The summed E-state index contributed by atoms with van der Waals surface area (Å²) in [7, 11) is 1.68. The maximum atomic E-state index is 13.3. The summed E-state index contributed by atoms with van der Waals surface area (Å²) in [6.07, 6.45) is 10.8. The van der Waals surface area contributed by atoms with Gasteiger partial charge in [-0.3, -0.25) is 9.69 Å². The number of hydrogen-bond donors (Lipinski definition) is 0. The molecule has 150 valence electrons. The summed E-state index contributed by atoms with van der Waals surface area (Å²) >= 11 is 0. The van der Waals surface area contributed by atoms with Crippen LogP contribution < -0.4 is 4.74 Å². The molecule has 0 spiro atoms. The van der Waals surface area contributed by atoms with E-state index in [1.807, 2.05) is 24.3 Å². The number of fused-ring (bicyclic) bond motifs is 6. The van der Waals surface area contributed by atoms with Crippen LogP contribution in [0.15, 0.2) is 35.9 Å². The van der Waals surface area contributed by atoms with Crippen LogP contribution in [0.2, 0.25) is 0 Å². The molecule has 1 aliphatic carbocycles. The first kappa shape index (κ1) is 18.2. The third kappa shape index (κ3) is 3.26. The molecule has 28 heavy (non-hydrogen) atoms. The lowest BCUT2D eigenvalue weighted by Gasteiger charge is -2.54. The van der Waals surface area contributed by atoms with E-state index in [4.69, 9.17) is 4.74 Å². The van der Waals surface area contributed by atoms with Crippen LogP contribution in [-0.4, -0.2) is 54.5 Å². The molecule has 1 aromatic rings. The number of nitrogens with zero attached hydrogens (tertiary/aromatic N) is 2. The summed E-state index contributed by atoms with van der Waals surface area (Å²) < 4.78 is 5.24. The molecule has 0 radical (unpaired) electrons. The van der Waals surface area contributed by atoms with E-state index in [1.165, 1.54) is 45.2 Å². The number of methoxy groups -OCH3 is 1. The molecule has 5 rings (SSSR count).